The van der Waals surface area contributed by atoms with E-state index in [0.717, 1.165) is 19.4 Å². The molecule has 2 aliphatic rings. The van der Waals surface area contributed by atoms with Crippen LogP contribution >= 0.6 is 23.2 Å². The van der Waals surface area contributed by atoms with Gasteiger partial charge in [-0.05, 0) is 44.4 Å². The molecule has 2 N–H and O–H groups in total. The second kappa shape index (κ2) is 13.2. The van der Waals surface area contributed by atoms with Crippen LogP contribution in [0.3, 0.4) is 0 Å². The molecule has 0 aliphatic carbocycles. The molecule has 2 aliphatic heterocycles. The number of amides is 4. The summed E-state index contributed by atoms with van der Waals surface area (Å²) in [5.41, 5.74) is 1.50. The van der Waals surface area contributed by atoms with Gasteiger partial charge < -0.3 is 20.3 Å². The molecule has 0 spiro atoms. The quantitative estimate of drug-likeness (QED) is 0.486. The van der Waals surface area contributed by atoms with Crippen molar-refractivity contribution >= 4 is 41.2 Å². The Morgan fingerprint density at radius 2 is 1.92 bits per heavy atom. The number of nitrogens with one attached hydrogen (secondary N) is 2. The molecular weight excluding hydrogens is 505 g/mol. The SMILES string of the molecule is CCCNC(=O)N1CCCN(CC2=C(C(=O)OCC)[C@@H](c3ccc(Cl)cc3Cl)NC(=O)N2CC)CC1. The average Bonchev–Trinajstić information content (AvgIpc) is 3.08. The van der Waals surface area contributed by atoms with Crippen LogP contribution in [0.5, 0.6) is 0 Å². The zero-order valence-corrected chi connectivity index (χ0v) is 22.6. The van der Waals surface area contributed by atoms with Crippen molar-refractivity contribution in [1.29, 1.82) is 0 Å². The van der Waals surface area contributed by atoms with Crippen LogP contribution in [-0.4, -0.2) is 85.2 Å². The zero-order valence-electron chi connectivity index (χ0n) is 21.1. The number of benzene rings is 1. The maximum absolute atomic E-state index is 13.3. The molecule has 198 valence electrons. The summed E-state index contributed by atoms with van der Waals surface area (Å²) in [6.45, 7) is 9.75. The van der Waals surface area contributed by atoms with Crippen molar-refractivity contribution in [1.82, 2.24) is 25.3 Å². The van der Waals surface area contributed by atoms with Gasteiger partial charge in [-0.15, -0.1) is 0 Å². The van der Waals surface area contributed by atoms with Crippen LogP contribution in [0, 0.1) is 0 Å². The fraction of sp³-hybridized carbons (Fsp3) is 0.560. The number of likely N-dealkylation sites (N-methyl/N-ethyl adjacent to an activating group) is 1. The molecule has 3 rings (SSSR count). The lowest BCUT2D eigenvalue weighted by molar-refractivity contribution is -0.139. The van der Waals surface area contributed by atoms with Gasteiger partial charge in [-0.25, -0.2) is 14.4 Å². The fourth-order valence-electron chi connectivity index (χ4n) is 4.51. The van der Waals surface area contributed by atoms with Crippen LogP contribution in [0.15, 0.2) is 29.5 Å². The van der Waals surface area contributed by atoms with Crippen LogP contribution in [0.1, 0.15) is 45.2 Å². The van der Waals surface area contributed by atoms with Gasteiger partial charge in [0.15, 0.2) is 0 Å². The third kappa shape index (κ3) is 6.63. The normalized spacial score (nSPS) is 19.1. The molecule has 0 unspecified atom stereocenters. The molecule has 4 amide bonds. The Bertz CT molecular complexity index is 1000. The van der Waals surface area contributed by atoms with Crippen LogP contribution in [-0.2, 0) is 9.53 Å². The minimum absolute atomic E-state index is 0.0604. The highest BCUT2D eigenvalue weighted by Gasteiger charge is 2.39. The van der Waals surface area contributed by atoms with Gasteiger partial charge >= 0.3 is 18.0 Å². The molecule has 1 fully saturated rings. The smallest absolute Gasteiger partial charge is 0.338 e. The van der Waals surface area contributed by atoms with Crippen molar-refractivity contribution in [3.8, 4) is 0 Å². The standard InChI is InChI=1S/C25H35Cl2N5O4/c1-4-10-28-24(34)31-12-7-11-30(13-14-31)16-20-21(23(33)36-6-3)22(29-25(35)32(20)5-2)18-9-8-17(26)15-19(18)27/h8-9,15,22H,4-7,10-14,16H2,1-3H3,(H,28,34)(H,29,35)/t22-/m1/s1. The molecule has 1 aromatic carbocycles. The highest BCUT2D eigenvalue weighted by Crippen LogP contribution is 2.36. The average molecular weight is 540 g/mol. The first kappa shape index (κ1) is 28.1. The largest absolute Gasteiger partial charge is 0.463 e. The van der Waals surface area contributed by atoms with Gasteiger partial charge in [0.05, 0.1) is 18.2 Å². The first-order chi connectivity index (χ1) is 17.3. The van der Waals surface area contributed by atoms with Gasteiger partial charge in [0, 0.05) is 61.6 Å². The summed E-state index contributed by atoms with van der Waals surface area (Å²) < 4.78 is 5.43. The third-order valence-corrected chi connectivity index (χ3v) is 6.86. The van der Waals surface area contributed by atoms with Crippen LogP contribution in [0.2, 0.25) is 10.0 Å². The van der Waals surface area contributed by atoms with E-state index in [2.05, 4.69) is 15.5 Å². The summed E-state index contributed by atoms with van der Waals surface area (Å²) in [6.07, 6.45) is 1.66. The lowest BCUT2D eigenvalue weighted by atomic mass is 9.94. The van der Waals surface area contributed by atoms with Crippen molar-refractivity contribution in [2.45, 2.75) is 39.7 Å². The first-order valence-electron chi connectivity index (χ1n) is 12.5. The van der Waals surface area contributed by atoms with E-state index < -0.39 is 12.0 Å². The molecule has 0 radical (unpaired) electrons. The van der Waals surface area contributed by atoms with E-state index in [1.165, 1.54) is 0 Å². The molecule has 2 heterocycles. The Hall–Kier alpha value is -2.49. The molecule has 0 bridgehead atoms. The van der Waals surface area contributed by atoms with Gasteiger partial charge in [0.1, 0.15) is 0 Å². The highest BCUT2D eigenvalue weighted by molar-refractivity contribution is 6.35. The first-order valence-corrected chi connectivity index (χ1v) is 13.2. The Labute approximate surface area is 222 Å². The third-order valence-electron chi connectivity index (χ3n) is 6.30. The summed E-state index contributed by atoms with van der Waals surface area (Å²) in [5.74, 6) is -0.502. The van der Waals surface area contributed by atoms with Gasteiger partial charge in [0.2, 0.25) is 0 Å². The van der Waals surface area contributed by atoms with Gasteiger partial charge in [-0.3, -0.25) is 9.80 Å². The van der Waals surface area contributed by atoms with Gasteiger partial charge in [-0.1, -0.05) is 36.2 Å². The molecule has 1 saturated heterocycles. The second-order valence-electron chi connectivity index (χ2n) is 8.72. The lowest BCUT2D eigenvalue weighted by Crippen LogP contribution is -2.51. The summed E-state index contributed by atoms with van der Waals surface area (Å²) >= 11 is 12.6. The van der Waals surface area contributed by atoms with Crippen molar-refractivity contribution in [3.63, 3.8) is 0 Å². The number of hydrogen-bond acceptors (Lipinski definition) is 5. The topological polar surface area (TPSA) is 94.2 Å². The maximum Gasteiger partial charge on any atom is 0.338 e. The molecule has 36 heavy (non-hydrogen) atoms. The molecule has 0 saturated carbocycles. The van der Waals surface area contributed by atoms with Gasteiger partial charge in [-0.2, -0.15) is 0 Å². The lowest BCUT2D eigenvalue weighted by Gasteiger charge is -2.38. The van der Waals surface area contributed by atoms with E-state index in [9.17, 15) is 14.4 Å². The number of rotatable bonds is 8. The number of carbonyl (C=O) groups excluding carboxylic acids is 3. The summed E-state index contributed by atoms with van der Waals surface area (Å²) in [6, 6.07) is 3.83. The summed E-state index contributed by atoms with van der Waals surface area (Å²) in [7, 11) is 0. The minimum atomic E-state index is -0.776. The molecule has 1 aromatic rings. The summed E-state index contributed by atoms with van der Waals surface area (Å²) in [4.78, 5) is 44.5. The monoisotopic (exact) mass is 539 g/mol. The predicted molar refractivity (Wildman–Crippen MR) is 140 cm³/mol. The Morgan fingerprint density at radius 3 is 2.58 bits per heavy atom. The van der Waals surface area contributed by atoms with E-state index in [4.69, 9.17) is 27.9 Å². The number of nitrogens with zero attached hydrogens (tertiary/aromatic N) is 3. The van der Waals surface area contributed by atoms with Crippen LogP contribution < -0.4 is 10.6 Å². The number of carbonyl (C=O) groups is 3. The van der Waals surface area contributed by atoms with E-state index >= 15 is 0 Å². The Kier molecular flexibility index (Phi) is 10.3. The molecule has 9 nitrogen and oxygen atoms in total. The summed E-state index contributed by atoms with van der Waals surface area (Å²) in [5, 5.41) is 6.67. The number of ether oxygens (including phenoxy) is 1. The van der Waals surface area contributed by atoms with E-state index in [1.807, 2.05) is 18.7 Å². The number of halogens is 2. The van der Waals surface area contributed by atoms with Crippen LogP contribution in [0.4, 0.5) is 9.59 Å². The van der Waals surface area contributed by atoms with Crippen LogP contribution in [0.25, 0.3) is 0 Å². The van der Waals surface area contributed by atoms with Crippen molar-refractivity contribution in [2.75, 3.05) is 52.4 Å². The predicted octanol–water partition coefficient (Wildman–Crippen LogP) is 4.02. The molecule has 11 heteroatoms. The maximum atomic E-state index is 13.3. The molecule has 0 aromatic heterocycles. The van der Waals surface area contributed by atoms with Crippen molar-refractivity contribution in [3.05, 3.63) is 45.1 Å². The molecular formula is C25H35Cl2N5O4. The van der Waals surface area contributed by atoms with E-state index in [-0.39, 0.29) is 18.7 Å². The zero-order chi connectivity index (χ0) is 26.2. The number of urea groups is 2. The Balaban J connectivity index is 1.95. The fourth-order valence-corrected chi connectivity index (χ4v) is 5.03. The van der Waals surface area contributed by atoms with E-state index in [1.54, 1.807) is 30.0 Å². The second-order valence-corrected chi connectivity index (χ2v) is 9.57. The van der Waals surface area contributed by atoms with Crippen molar-refractivity contribution < 1.29 is 19.1 Å². The van der Waals surface area contributed by atoms with Crippen molar-refractivity contribution in [2.24, 2.45) is 0 Å². The van der Waals surface area contributed by atoms with Gasteiger partial charge in [0.25, 0.3) is 0 Å². The number of hydrogen-bond donors (Lipinski definition) is 2. The molecule has 1 atom stereocenters. The Morgan fingerprint density at radius 1 is 1.14 bits per heavy atom. The number of esters is 1. The highest BCUT2D eigenvalue weighted by atomic mass is 35.5. The van der Waals surface area contributed by atoms with E-state index in [0.29, 0.717) is 66.1 Å². The minimum Gasteiger partial charge on any atom is -0.463 e.